The molecule has 0 saturated carbocycles. The average molecular weight is 473 g/mol. The van der Waals surface area contributed by atoms with Crippen LogP contribution in [0.1, 0.15) is 65.0 Å². The van der Waals surface area contributed by atoms with E-state index < -0.39 is 11.6 Å². The van der Waals surface area contributed by atoms with Crippen molar-refractivity contribution >= 4 is 16.9 Å². The first-order valence-corrected chi connectivity index (χ1v) is 12.2. The molecule has 0 radical (unpaired) electrons. The van der Waals surface area contributed by atoms with Gasteiger partial charge in [-0.15, -0.1) is 0 Å². The van der Waals surface area contributed by atoms with Crippen LogP contribution in [0.25, 0.3) is 11.0 Å². The summed E-state index contributed by atoms with van der Waals surface area (Å²) in [5.74, 6) is -0.104. The van der Waals surface area contributed by atoms with Crippen molar-refractivity contribution in [3.05, 3.63) is 98.5 Å². The molecule has 4 heteroatoms. The van der Waals surface area contributed by atoms with Crippen LogP contribution in [0.4, 0.5) is 0 Å². The molecule has 4 nitrogen and oxygen atoms in total. The highest BCUT2D eigenvalue weighted by molar-refractivity contribution is 5.89. The summed E-state index contributed by atoms with van der Waals surface area (Å²) in [5, 5.41) is 0.825. The lowest BCUT2D eigenvalue weighted by Gasteiger charge is -2.32. The van der Waals surface area contributed by atoms with Gasteiger partial charge in [0.15, 0.2) is 0 Å². The van der Waals surface area contributed by atoms with Crippen LogP contribution in [0.2, 0.25) is 0 Å². The molecule has 0 fully saturated rings. The summed E-state index contributed by atoms with van der Waals surface area (Å²) in [5.41, 5.74) is 6.53. The van der Waals surface area contributed by atoms with Gasteiger partial charge in [0.25, 0.3) is 0 Å². The van der Waals surface area contributed by atoms with Gasteiger partial charge in [0.1, 0.15) is 11.3 Å². The van der Waals surface area contributed by atoms with Crippen molar-refractivity contribution in [2.24, 2.45) is 5.41 Å². The van der Waals surface area contributed by atoms with Gasteiger partial charge < -0.3 is 9.15 Å². The number of esters is 1. The summed E-state index contributed by atoms with van der Waals surface area (Å²) in [6, 6.07) is 4.98. The Morgan fingerprint density at radius 3 is 2.54 bits per heavy atom. The van der Waals surface area contributed by atoms with Crippen LogP contribution < -0.4 is 10.4 Å². The summed E-state index contributed by atoms with van der Waals surface area (Å²) < 4.78 is 10.9. The Balaban J connectivity index is 1.67. The van der Waals surface area contributed by atoms with Crippen LogP contribution in [0, 0.1) is 19.3 Å². The summed E-state index contributed by atoms with van der Waals surface area (Å²) in [7, 11) is 0. The lowest BCUT2D eigenvalue weighted by Crippen LogP contribution is -2.19. The minimum atomic E-state index is -0.480. The van der Waals surface area contributed by atoms with Crippen LogP contribution in [0.5, 0.6) is 5.75 Å². The molecular formula is C31H36O4. The summed E-state index contributed by atoms with van der Waals surface area (Å²) in [4.78, 5) is 24.2. The number of fused-ring (bicyclic) bond motifs is 1. The first-order valence-electron chi connectivity index (χ1n) is 12.2. The minimum absolute atomic E-state index is 0.224. The summed E-state index contributed by atoms with van der Waals surface area (Å²) in [6.45, 7) is 14.4. The number of aryl methyl sites for hydroxylation is 2. The lowest BCUT2D eigenvalue weighted by molar-refractivity contribution is -0.129. The second-order valence-electron chi connectivity index (χ2n) is 10.2. The number of hydrogen-bond acceptors (Lipinski definition) is 4. The van der Waals surface area contributed by atoms with Crippen LogP contribution in [-0.2, 0) is 4.79 Å². The van der Waals surface area contributed by atoms with E-state index in [1.165, 1.54) is 42.6 Å². The molecular weight excluding hydrogens is 436 g/mol. The molecule has 1 aliphatic carbocycles. The molecule has 3 rings (SSSR count). The van der Waals surface area contributed by atoms with E-state index >= 15 is 0 Å². The number of carbonyl (C=O) groups excluding carboxylic acids is 1. The molecule has 0 bridgehead atoms. The maximum atomic E-state index is 12.5. The Bertz CT molecular complexity index is 1340. The molecule has 1 aliphatic rings. The van der Waals surface area contributed by atoms with Crippen molar-refractivity contribution in [2.45, 2.75) is 67.7 Å². The van der Waals surface area contributed by atoms with Crippen molar-refractivity contribution in [2.75, 3.05) is 0 Å². The van der Waals surface area contributed by atoms with Gasteiger partial charge >= 0.3 is 11.6 Å². The second-order valence-corrected chi connectivity index (χ2v) is 10.2. The SMILES string of the molecule is CC1=C(/C=C/C(C)=C/C=C/C(C)=C/C(=O)Oc2ccc3c(C)cc(=O)oc3c2C)C(C)(C)CCC1. The van der Waals surface area contributed by atoms with Gasteiger partial charge in [-0.05, 0) is 88.1 Å². The third-order valence-electron chi connectivity index (χ3n) is 6.65. The highest BCUT2D eigenvalue weighted by atomic mass is 16.5. The fourth-order valence-electron chi connectivity index (χ4n) is 4.62. The maximum Gasteiger partial charge on any atom is 0.336 e. The van der Waals surface area contributed by atoms with Crippen LogP contribution in [0.3, 0.4) is 0 Å². The van der Waals surface area contributed by atoms with Gasteiger partial charge in [-0.25, -0.2) is 9.59 Å². The molecule has 2 aromatic rings. The topological polar surface area (TPSA) is 56.5 Å². The van der Waals surface area contributed by atoms with E-state index in [-0.39, 0.29) is 5.41 Å². The quantitative estimate of drug-likeness (QED) is 0.141. The molecule has 0 spiro atoms. The van der Waals surface area contributed by atoms with E-state index in [1.807, 2.05) is 32.1 Å². The van der Waals surface area contributed by atoms with Crippen LogP contribution in [-0.4, -0.2) is 5.97 Å². The largest absolute Gasteiger partial charge is 0.423 e. The molecule has 1 aromatic carbocycles. The molecule has 0 amide bonds. The number of allylic oxidation sites excluding steroid dienone is 9. The molecule has 184 valence electrons. The number of rotatable bonds is 6. The Morgan fingerprint density at radius 1 is 1.09 bits per heavy atom. The fraction of sp³-hybridized carbons (Fsp3) is 0.355. The van der Waals surface area contributed by atoms with E-state index in [0.717, 1.165) is 22.1 Å². The third-order valence-corrected chi connectivity index (χ3v) is 6.65. The summed E-state index contributed by atoms with van der Waals surface area (Å²) >= 11 is 0. The van der Waals surface area contributed by atoms with Gasteiger partial charge in [0, 0.05) is 23.1 Å². The van der Waals surface area contributed by atoms with Crippen LogP contribution >= 0.6 is 0 Å². The Hall–Kier alpha value is -3.40. The number of benzene rings is 1. The van der Waals surface area contributed by atoms with E-state index in [0.29, 0.717) is 16.9 Å². The molecule has 35 heavy (non-hydrogen) atoms. The standard InChI is InChI=1S/C31H36O4/c1-20(13-15-26-22(3)12-9-17-31(26,6)7)10-8-11-21(2)18-28(32)34-27-16-14-25-23(4)19-29(33)35-30(25)24(27)5/h8,10-11,13-16,18-19H,9,12,17H2,1-7H3/b11-8+,15-13+,20-10+,21-18+. The molecule has 0 aliphatic heterocycles. The molecule has 0 atom stereocenters. The van der Waals surface area contributed by atoms with E-state index in [4.69, 9.17) is 9.15 Å². The maximum absolute atomic E-state index is 12.5. The predicted octanol–water partition coefficient (Wildman–Crippen LogP) is 7.85. The molecule has 1 aromatic heterocycles. The number of carbonyl (C=O) groups is 1. The highest BCUT2D eigenvalue weighted by Crippen LogP contribution is 2.40. The number of ether oxygens (including phenoxy) is 1. The smallest absolute Gasteiger partial charge is 0.336 e. The van der Waals surface area contributed by atoms with E-state index in [9.17, 15) is 9.59 Å². The van der Waals surface area contributed by atoms with E-state index in [1.54, 1.807) is 19.1 Å². The fourth-order valence-corrected chi connectivity index (χ4v) is 4.62. The second kappa shape index (κ2) is 10.9. The zero-order valence-corrected chi connectivity index (χ0v) is 22.0. The zero-order valence-electron chi connectivity index (χ0n) is 22.0. The van der Waals surface area contributed by atoms with Crippen LogP contribution in [0.15, 0.2) is 86.2 Å². The van der Waals surface area contributed by atoms with Gasteiger partial charge in [0.2, 0.25) is 0 Å². The molecule has 0 N–H and O–H groups in total. The Labute approximate surface area is 208 Å². The molecule has 1 heterocycles. The molecule has 0 unspecified atom stereocenters. The Morgan fingerprint density at radius 2 is 1.83 bits per heavy atom. The lowest BCUT2D eigenvalue weighted by atomic mass is 9.72. The van der Waals surface area contributed by atoms with Gasteiger partial charge in [-0.3, -0.25) is 0 Å². The monoisotopic (exact) mass is 472 g/mol. The van der Waals surface area contributed by atoms with Crippen molar-refractivity contribution in [3.8, 4) is 5.75 Å². The minimum Gasteiger partial charge on any atom is -0.423 e. The van der Waals surface area contributed by atoms with Crippen molar-refractivity contribution in [1.29, 1.82) is 0 Å². The first kappa shape index (κ1) is 26.2. The van der Waals surface area contributed by atoms with Gasteiger partial charge in [-0.2, -0.15) is 0 Å². The Kier molecular flexibility index (Phi) is 8.16. The predicted molar refractivity (Wildman–Crippen MR) is 144 cm³/mol. The summed E-state index contributed by atoms with van der Waals surface area (Å²) in [6.07, 6.45) is 15.4. The zero-order chi connectivity index (χ0) is 25.8. The van der Waals surface area contributed by atoms with Gasteiger partial charge in [0.05, 0.1) is 0 Å². The van der Waals surface area contributed by atoms with Crippen molar-refractivity contribution in [1.82, 2.24) is 0 Å². The highest BCUT2D eigenvalue weighted by Gasteiger charge is 2.26. The van der Waals surface area contributed by atoms with E-state index in [2.05, 4.69) is 39.8 Å². The van der Waals surface area contributed by atoms with Gasteiger partial charge in [-0.1, -0.05) is 55.4 Å². The van der Waals surface area contributed by atoms with Crippen molar-refractivity contribution in [3.63, 3.8) is 0 Å². The first-order chi connectivity index (χ1) is 16.5. The normalized spacial score (nSPS) is 17.1. The third kappa shape index (κ3) is 6.60. The average Bonchev–Trinajstić information content (AvgIpc) is 2.75. The molecule has 0 saturated heterocycles. The van der Waals surface area contributed by atoms with Crippen molar-refractivity contribution < 1.29 is 13.9 Å². The number of hydrogen-bond donors (Lipinski definition) is 0.